The van der Waals surface area contributed by atoms with Crippen LogP contribution in [0, 0.1) is 5.82 Å². The molecule has 0 spiro atoms. The Bertz CT molecular complexity index is 1320. The van der Waals surface area contributed by atoms with Crippen LogP contribution in [0.15, 0.2) is 51.9 Å². The fraction of sp³-hybridized carbons (Fsp3) is 0.150. The molecule has 1 atom stereocenters. The van der Waals surface area contributed by atoms with E-state index >= 15 is 0 Å². The van der Waals surface area contributed by atoms with E-state index in [1.807, 2.05) is 6.92 Å². The molecule has 0 saturated heterocycles. The minimum atomic E-state index is -0.762. The second-order valence-electron chi connectivity index (χ2n) is 6.50. The van der Waals surface area contributed by atoms with E-state index in [4.69, 9.17) is 4.42 Å². The van der Waals surface area contributed by atoms with Crippen molar-refractivity contribution in [3.63, 3.8) is 0 Å². The number of aromatic nitrogens is 3. The zero-order valence-electron chi connectivity index (χ0n) is 15.1. The number of rotatable bonds is 3. The maximum atomic E-state index is 13.8. The zero-order valence-corrected chi connectivity index (χ0v) is 15.9. The van der Waals surface area contributed by atoms with Gasteiger partial charge < -0.3 is 4.42 Å². The van der Waals surface area contributed by atoms with Gasteiger partial charge in [0.15, 0.2) is 5.43 Å². The molecule has 9 heteroatoms. The summed E-state index contributed by atoms with van der Waals surface area (Å²) in [7, 11) is 0. The number of pyridine rings is 1. The second-order valence-corrected chi connectivity index (χ2v) is 7.55. The zero-order chi connectivity index (χ0) is 20.1. The summed E-state index contributed by atoms with van der Waals surface area (Å²) in [6.45, 7) is 1.94. The third-order valence-electron chi connectivity index (χ3n) is 4.82. The van der Waals surface area contributed by atoms with E-state index in [-0.39, 0.29) is 22.3 Å². The molecule has 5 rings (SSSR count). The van der Waals surface area contributed by atoms with Crippen LogP contribution < -0.4 is 10.3 Å². The predicted molar refractivity (Wildman–Crippen MR) is 105 cm³/mol. The molecule has 3 aromatic heterocycles. The second kappa shape index (κ2) is 6.56. The highest BCUT2D eigenvalue weighted by atomic mass is 32.1. The Labute approximate surface area is 167 Å². The Morgan fingerprint density at radius 2 is 1.97 bits per heavy atom. The van der Waals surface area contributed by atoms with Crippen molar-refractivity contribution >= 4 is 33.3 Å². The van der Waals surface area contributed by atoms with Crippen molar-refractivity contribution in [2.45, 2.75) is 19.4 Å². The van der Waals surface area contributed by atoms with Gasteiger partial charge in [-0.2, -0.15) is 0 Å². The summed E-state index contributed by atoms with van der Waals surface area (Å²) in [5, 5.41) is 9.47. The minimum absolute atomic E-state index is 0.0656. The molecule has 1 amide bonds. The Morgan fingerprint density at radius 3 is 2.69 bits per heavy atom. The van der Waals surface area contributed by atoms with Gasteiger partial charge in [-0.15, -0.1) is 10.2 Å². The SMILES string of the molecule is CCc1nnc(N2C(=O)c3oc4ccc(F)cc4c(=O)c3C2c2ccncc2)s1. The van der Waals surface area contributed by atoms with Gasteiger partial charge in [0, 0.05) is 12.4 Å². The van der Waals surface area contributed by atoms with Crippen molar-refractivity contribution in [1.29, 1.82) is 0 Å². The van der Waals surface area contributed by atoms with E-state index in [0.29, 0.717) is 17.1 Å². The third kappa shape index (κ3) is 2.65. The van der Waals surface area contributed by atoms with E-state index in [0.717, 1.165) is 11.1 Å². The molecule has 7 nitrogen and oxygen atoms in total. The number of anilines is 1. The molecule has 4 aromatic rings. The van der Waals surface area contributed by atoms with Crippen LogP contribution in [-0.4, -0.2) is 21.1 Å². The molecule has 4 heterocycles. The van der Waals surface area contributed by atoms with Crippen molar-refractivity contribution in [2.24, 2.45) is 0 Å². The molecule has 0 radical (unpaired) electrons. The minimum Gasteiger partial charge on any atom is -0.450 e. The standard InChI is InChI=1S/C20H13FN4O3S/c1-2-14-23-24-20(29-14)25-16(10-5-7-22-8-6-10)15-17(26)12-9-11(21)3-4-13(12)28-18(15)19(25)27/h3-9,16H,2H2,1H3. The van der Waals surface area contributed by atoms with Crippen LogP contribution in [0.4, 0.5) is 9.52 Å². The van der Waals surface area contributed by atoms with Gasteiger partial charge in [0.1, 0.15) is 16.4 Å². The quantitative estimate of drug-likeness (QED) is 0.516. The highest BCUT2D eigenvalue weighted by molar-refractivity contribution is 7.15. The van der Waals surface area contributed by atoms with E-state index in [2.05, 4.69) is 15.2 Å². The van der Waals surface area contributed by atoms with Crippen LogP contribution in [0.2, 0.25) is 0 Å². The summed E-state index contributed by atoms with van der Waals surface area (Å²) >= 11 is 1.28. The number of carbonyl (C=O) groups excluding carboxylic acids is 1. The number of nitrogens with zero attached hydrogens (tertiary/aromatic N) is 4. The summed E-state index contributed by atoms with van der Waals surface area (Å²) in [5.41, 5.74) is 0.542. The van der Waals surface area contributed by atoms with Gasteiger partial charge in [-0.05, 0) is 42.3 Å². The number of amides is 1. The molecular formula is C20H13FN4O3S. The first-order chi connectivity index (χ1) is 14.1. The van der Waals surface area contributed by atoms with Crippen molar-refractivity contribution in [1.82, 2.24) is 15.2 Å². The van der Waals surface area contributed by atoms with Crippen molar-refractivity contribution < 1.29 is 13.6 Å². The number of carbonyl (C=O) groups is 1. The monoisotopic (exact) mass is 408 g/mol. The van der Waals surface area contributed by atoms with Gasteiger partial charge in [0.25, 0.3) is 5.91 Å². The summed E-state index contributed by atoms with van der Waals surface area (Å²) in [6, 6.07) is 6.34. The molecule has 1 unspecified atom stereocenters. The highest BCUT2D eigenvalue weighted by Crippen LogP contribution is 2.41. The smallest absolute Gasteiger partial charge is 0.297 e. The van der Waals surface area contributed by atoms with Crippen LogP contribution in [0.5, 0.6) is 0 Å². The Morgan fingerprint density at radius 1 is 1.17 bits per heavy atom. The predicted octanol–water partition coefficient (Wildman–Crippen LogP) is 3.49. The summed E-state index contributed by atoms with van der Waals surface area (Å²) in [5.74, 6) is -1.10. The van der Waals surface area contributed by atoms with Gasteiger partial charge in [-0.1, -0.05) is 18.3 Å². The molecule has 0 fully saturated rings. The van der Waals surface area contributed by atoms with Crippen molar-refractivity contribution in [3.05, 3.63) is 80.7 Å². The van der Waals surface area contributed by atoms with Crippen LogP contribution in [0.25, 0.3) is 11.0 Å². The lowest BCUT2D eigenvalue weighted by molar-refractivity contribution is 0.0970. The lowest BCUT2D eigenvalue weighted by atomic mass is 10.00. The van der Waals surface area contributed by atoms with Gasteiger partial charge in [0.2, 0.25) is 10.9 Å². The molecule has 0 saturated carbocycles. The molecule has 0 aliphatic carbocycles. The number of benzene rings is 1. The summed E-state index contributed by atoms with van der Waals surface area (Å²) < 4.78 is 19.5. The first kappa shape index (κ1) is 17.6. The molecular weight excluding hydrogens is 395 g/mol. The van der Waals surface area contributed by atoms with E-state index in [1.165, 1.54) is 28.4 Å². The Hall–Kier alpha value is -3.46. The van der Waals surface area contributed by atoms with E-state index in [1.54, 1.807) is 24.5 Å². The van der Waals surface area contributed by atoms with Crippen LogP contribution in [-0.2, 0) is 6.42 Å². The largest absolute Gasteiger partial charge is 0.450 e. The Balaban J connectivity index is 1.81. The number of halogens is 1. The number of fused-ring (bicyclic) bond motifs is 2. The summed E-state index contributed by atoms with van der Waals surface area (Å²) in [6.07, 6.45) is 3.83. The first-order valence-corrected chi connectivity index (χ1v) is 9.72. The molecule has 0 N–H and O–H groups in total. The van der Waals surface area contributed by atoms with Crippen LogP contribution in [0.3, 0.4) is 0 Å². The molecule has 144 valence electrons. The molecule has 29 heavy (non-hydrogen) atoms. The summed E-state index contributed by atoms with van der Waals surface area (Å²) in [4.78, 5) is 32.0. The number of hydrogen-bond acceptors (Lipinski definition) is 7. The van der Waals surface area contributed by atoms with Gasteiger partial charge >= 0.3 is 0 Å². The fourth-order valence-corrected chi connectivity index (χ4v) is 4.29. The molecule has 1 aliphatic rings. The topological polar surface area (TPSA) is 89.2 Å². The lowest BCUT2D eigenvalue weighted by Crippen LogP contribution is -2.29. The maximum Gasteiger partial charge on any atom is 0.297 e. The van der Waals surface area contributed by atoms with Gasteiger partial charge in [-0.25, -0.2) is 4.39 Å². The Kier molecular flexibility index (Phi) is 3.99. The van der Waals surface area contributed by atoms with Gasteiger partial charge in [-0.3, -0.25) is 19.5 Å². The van der Waals surface area contributed by atoms with Gasteiger partial charge in [0.05, 0.1) is 17.0 Å². The molecule has 1 aliphatic heterocycles. The lowest BCUT2D eigenvalue weighted by Gasteiger charge is -2.21. The normalized spacial score (nSPS) is 15.9. The highest BCUT2D eigenvalue weighted by Gasteiger charge is 2.45. The number of aryl methyl sites for hydroxylation is 1. The third-order valence-corrected chi connectivity index (χ3v) is 5.89. The first-order valence-electron chi connectivity index (χ1n) is 8.90. The maximum absolute atomic E-state index is 13.8. The number of hydrogen-bond donors (Lipinski definition) is 0. The average Bonchev–Trinajstić information content (AvgIpc) is 3.32. The molecule has 0 bridgehead atoms. The fourth-order valence-electron chi connectivity index (χ4n) is 3.49. The molecule has 1 aromatic carbocycles. The van der Waals surface area contributed by atoms with Crippen molar-refractivity contribution in [3.8, 4) is 0 Å². The van der Waals surface area contributed by atoms with E-state index < -0.39 is 23.2 Å². The van der Waals surface area contributed by atoms with Crippen LogP contribution >= 0.6 is 11.3 Å². The van der Waals surface area contributed by atoms with E-state index in [9.17, 15) is 14.0 Å². The van der Waals surface area contributed by atoms with Crippen molar-refractivity contribution in [2.75, 3.05) is 4.90 Å². The van der Waals surface area contributed by atoms with Crippen LogP contribution in [0.1, 0.15) is 39.7 Å². The average molecular weight is 408 g/mol.